The highest BCUT2D eigenvalue weighted by atomic mass is 16.5. The number of rotatable bonds is 3. The molecular formula is C17H14N2O. The van der Waals surface area contributed by atoms with Crippen LogP contribution in [0.25, 0.3) is 10.9 Å². The van der Waals surface area contributed by atoms with E-state index in [1.165, 1.54) is 0 Å². The van der Waals surface area contributed by atoms with Gasteiger partial charge >= 0.3 is 0 Å². The quantitative estimate of drug-likeness (QED) is 0.723. The maximum absolute atomic E-state index is 9.16. The summed E-state index contributed by atoms with van der Waals surface area (Å²) in [6, 6.07) is 18.0. The third-order valence-electron chi connectivity index (χ3n) is 3.47. The standard InChI is InChI=1S/C17H14N2O/c1-20-17-8-4-7-16-15(17)9-10-19(16)12-14-6-3-2-5-13(14)11-18/h2-10H,12H2,1H3. The molecule has 3 rings (SSSR count). The van der Waals surface area contributed by atoms with E-state index in [1.54, 1.807) is 7.11 Å². The van der Waals surface area contributed by atoms with Gasteiger partial charge in [0, 0.05) is 18.1 Å². The summed E-state index contributed by atoms with van der Waals surface area (Å²) in [7, 11) is 1.68. The van der Waals surface area contributed by atoms with Crippen molar-refractivity contribution < 1.29 is 4.74 Å². The summed E-state index contributed by atoms with van der Waals surface area (Å²) in [4.78, 5) is 0. The fourth-order valence-corrected chi connectivity index (χ4v) is 2.46. The summed E-state index contributed by atoms with van der Waals surface area (Å²) in [6.07, 6.45) is 2.03. The first kappa shape index (κ1) is 12.3. The zero-order valence-electron chi connectivity index (χ0n) is 11.2. The van der Waals surface area contributed by atoms with Crippen LogP contribution in [0.3, 0.4) is 0 Å². The van der Waals surface area contributed by atoms with E-state index in [9.17, 15) is 0 Å². The van der Waals surface area contributed by atoms with E-state index in [2.05, 4.69) is 16.7 Å². The third-order valence-corrected chi connectivity index (χ3v) is 3.47. The smallest absolute Gasteiger partial charge is 0.128 e. The molecular weight excluding hydrogens is 248 g/mol. The van der Waals surface area contributed by atoms with E-state index in [0.717, 1.165) is 27.8 Å². The van der Waals surface area contributed by atoms with Gasteiger partial charge in [-0.15, -0.1) is 0 Å². The minimum atomic E-state index is 0.681. The van der Waals surface area contributed by atoms with Crippen LogP contribution in [0.2, 0.25) is 0 Å². The molecule has 3 aromatic rings. The second-order valence-electron chi connectivity index (χ2n) is 4.61. The van der Waals surface area contributed by atoms with E-state index in [-0.39, 0.29) is 0 Å². The lowest BCUT2D eigenvalue weighted by Gasteiger charge is -2.08. The number of fused-ring (bicyclic) bond motifs is 1. The van der Waals surface area contributed by atoms with Crippen LogP contribution in [0.4, 0.5) is 0 Å². The molecule has 0 unspecified atom stereocenters. The molecule has 0 N–H and O–H groups in total. The number of ether oxygens (including phenoxy) is 1. The Bertz CT molecular complexity index is 796. The lowest BCUT2D eigenvalue weighted by molar-refractivity contribution is 0.420. The molecule has 0 saturated heterocycles. The predicted molar refractivity (Wildman–Crippen MR) is 78.7 cm³/mol. The number of nitrogens with zero attached hydrogens (tertiary/aromatic N) is 2. The topological polar surface area (TPSA) is 38.0 Å². The monoisotopic (exact) mass is 262 g/mol. The van der Waals surface area contributed by atoms with Gasteiger partial charge in [0.15, 0.2) is 0 Å². The molecule has 0 amide bonds. The fourth-order valence-electron chi connectivity index (χ4n) is 2.46. The Labute approximate surface area is 117 Å². The van der Waals surface area contributed by atoms with E-state index >= 15 is 0 Å². The molecule has 3 nitrogen and oxygen atoms in total. The molecule has 0 fully saturated rings. The average Bonchev–Trinajstić information content (AvgIpc) is 2.91. The van der Waals surface area contributed by atoms with Crippen LogP contribution in [0.5, 0.6) is 5.75 Å². The largest absolute Gasteiger partial charge is 0.496 e. The zero-order valence-corrected chi connectivity index (χ0v) is 11.2. The Morgan fingerprint density at radius 3 is 2.75 bits per heavy atom. The van der Waals surface area contributed by atoms with E-state index < -0.39 is 0 Å². The van der Waals surface area contributed by atoms with Crippen molar-refractivity contribution in [2.45, 2.75) is 6.54 Å². The average molecular weight is 262 g/mol. The summed E-state index contributed by atoms with van der Waals surface area (Å²) in [5.41, 5.74) is 2.85. The van der Waals surface area contributed by atoms with Gasteiger partial charge < -0.3 is 9.30 Å². The van der Waals surface area contributed by atoms with Gasteiger partial charge in [0.05, 0.1) is 24.3 Å². The van der Waals surface area contributed by atoms with Crippen molar-refractivity contribution in [3.63, 3.8) is 0 Å². The highest BCUT2D eigenvalue weighted by molar-refractivity contribution is 5.86. The second kappa shape index (κ2) is 5.10. The number of methoxy groups -OCH3 is 1. The van der Waals surface area contributed by atoms with Crippen LogP contribution in [-0.4, -0.2) is 11.7 Å². The molecule has 3 heteroatoms. The zero-order chi connectivity index (χ0) is 13.9. The highest BCUT2D eigenvalue weighted by Crippen LogP contribution is 2.27. The van der Waals surface area contributed by atoms with Crippen molar-refractivity contribution in [1.82, 2.24) is 4.57 Å². The number of nitriles is 1. The Kier molecular flexibility index (Phi) is 3.14. The van der Waals surface area contributed by atoms with Crippen LogP contribution in [0.15, 0.2) is 54.7 Å². The summed E-state index contributed by atoms with van der Waals surface area (Å²) in [5, 5.41) is 10.3. The highest BCUT2D eigenvalue weighted by Gasteiger charge is 2.07. The van der Waals surface area contributed by atoms with Crippen LogP contribution < -0.4 is 4.74 Å². The molecule has 20 heavy (non-hydrogen) atoms. The van der Waals surface area contributed by atoms with Crippen molar-refractivity contribution in [1.29, 1.82) is 5.26 Å². The SMILES string of the molecule is COc1cccc2c1ccn2Cc1ccccc1C#N. The molecule has 2 aromatic carbocycles. The molecule has 1 aromatic heterocycles. The van der Waals surface area contributed by atoms with Crippen LogP contribution in [0, 0.1) is 11.3 Å². The fraction of sp³-hybridized carbons (Fsp3) is 0.118. The molecule has 0 atom stereocenters. The second-order valence-corrected chi connectivity index (χ2v) is 4.61. The molecule has 0 aliphatic rings. The van der Waals surface area contributed by atoms with Crippen molar-refractivity contribution in [2.75, 3.05) is 7.11 Å². The lowest BCUT2D eigenvalue weighted by Crippen LogP contribution is -2.00. The first-order valence-corrected chi connectivity index (χ1v) is 6.43. The summed E-state index contributed by atoms with van der Waals surface area (Å²) in [5.74, 6) is 0.870. The van der Waals surface area contributed by atoms with Gasteiger partial charge in [-0.25, -0.2) is 0 Å². The molecule has 0 saturated carbocycles. The predicted octanol–water partition coefficient (Wildman–Crippen LogP) is 3.57. The maximum Gasteiger partial charge on any atom is 0.128 e. The van der Waals surface area contributed by atoms with Crippen LogP contribution >= 0.6 is 0 Å². The number of benzene rings is 2. The normalized spacial score (nSPS) is 10.4. The molecule has 98 valence electrons. The third kappa shape index (κ3) is 2.02. The van der Waals surface area contributed by atoms with Gasteiger partial charge in [-0.1, -0.05) is 24.3 Å². The molecule has 0 radical (unpaired) electrons. The minimum absolute atomic E-state index is 0.681. The Morgan fingerprint density at radius 1 is 1.10 bits per heavy atom. The van der Waals surface area contributed by atoms with Gasteiger partial charge in [-0.05, 0) is 29.8 Å². The minimum Gasteiger partial charge on any atom is -0.496 e. The molecule has 0 bridgehead atoms. The molecule has 1 heterocycles. The van der Waals surface area contributed by atoms with Crippen LogP contribution in [-0.2, 0) is 6.54 Å². The van der Waals surface area contributed by atoms with Crippen molar-refractivity contribution in [3.05, 3.63) is 65.9 Å². The van der Waals surface area contributed by atoms with Crippen molar-refractivity contribution in [2.24, 2.45) is 0 Å². The van der Waals surface area contributed by atoms with Gasteiger partial charge in [0.1, 0.15) is 5.75 Å². The van der Waals surface area contributed by atoms with Crippen molar-refractivity contribution >= 4 is 10.9 Å². The van der Waals surface area contributed by atoms with Gasteiger partial charge in [-0.3, -0.25) is 0 Å². The van der Waals surface area contributed by atoms with Gasteiger partial charge in [-0.2, -0.15) is 5.26 Å². The first-order valence-electron chi connectivity index (χ1n) is 6.43. The Morgan fingerprint density at radius 2 is 1.95 bits per heavy atom. The summed E-state index contributed by atoms with van der Waals surface area (Å²) in [6.45, 7) is 0.681. The molecule has 0 spiro atoms. The van der Waals surface area contributed by atoms with Crippen molar-refractivity contribution in [3.8, 4) is 11.8 Å². The van der Waals surface area contributed by atoms with Gasteiger partial charge in [0.2, 0.25) is 0 Å². The summed E-state index contributed by atoms with van der Waals surface area (Å²) < 4.78 is 7.50. The summed E-state index contributed by atoms with van der Waals surface area (Å²) >= 11 is 0. The number of hydrogen-bond donors (Lipinski definition) is 0. The van der Waals surface area contributed by atoms with Crippen LogP contribution in [0.1, 0.15) is 11.1 Å². The molecule has 0 aliphatic carbocycles. The Balaban J connectivity index is 2.06. The number of hydrogen-bond acceptors (Lipinski definition) is 2. The molecule has 0 aliphatic heterocycles. The maximum atomic E-state index is 9.16. The Hall–Kier alpha value is -2.73. The first-order chi connectivity index (χ1) is 9.83. The van der Waals surface area contributed by atoms with E-state index in [4.69, 9.17) is 10.00 Å². The van der Waals surface area contributed by atoms with E-state index in [0.29, 0.717) is 6.54 Å². The van der Waals surface area contributed by atoms with Gasteiger partial charge in [0.25, 0.3) is 0 Å². The van der Waals surface area contributed by atoms with E-state index in [1.807, 2.05) is 48.7 Å². The number of aromatic nitrogens is 1. The lowest BCUT2D eigenvalue weighted by atomic mass is 10.1.